The van der Waals surface area contributed by atoms with E-state index in [9.17, 15) is 14.4 Å². The SMILES string of the molecule is CCCCCCCCCCCCCCCC(=O)O.CCCCCCCCCCCCCCCC(=O)O.CCCCCCCCCCCCCCCC(=O)O.c1ccc(N(CCN2CCCCC2)Cc2ccccn2)cc1. The molecular formula is C67H121N3O6. The predicted octanol–water partition coefficient (Wildman–Crippen LogP) is 20.2. The largest absolute Gasteiger partial charge is 0.481 e. The van der Waals surface area contributed by atoms with E-state index >= 15 is 0 Å². The van der Waals surface area contributed by atoms with Gasteiger partial charge in [0.25, 0.3) is 0 Å². The number of carbonyl (C=O) groups is 3. The fourth-order valence-corrected chi connectivity index (χ4v) is 9.95. The van der Waals surface area contributed by atoms with E-state index in [2.05, 4.69) is 78.0 Å². The summed E-state index contributed by atoms with van der Waals surface area (Å²) in [7, 11) is 0. The van der Waals surface area contributed by atoms with E-state index in [4.69, 9.17) is 15.3 Å². The molecule has 0 amide bonds. The summed E-state index contributed by atoms with van der Waals surface area (Å²) in [5.74, 6) is -1.96. The summed E-state index contributed by atoms with van der Waals surface area (Å²) >= 11 is 0. The highest BCUT2D eigenvalue weighted by Gasteiger charge is 2.13. The maximum absolute atomic E-state index is 10.3. The Hall–Kier alpha value is -3.46. The van der Waals surface area contributed by atoms with E-state index in [1.54, 1.807) is 0 Å². The van der Waals surface area contributed by atoms with Gasteiger partial charge < -0.3 is 25.1 Å². The van der Waals surface area contributed by atoms with Crippen LogP contribution in [0.25, 0.3) is 0 Å². The molecule has 0 saturated carbocycles. The second kappa shape index (κ2) is 59.2. The van der Waals surface area contributed by atoms with Crippen LogP contribution in [0, 0.1) is 0 Å². The minimum atomic E-state index is -0.655. The highest BCUT2D eigenvalue weighted by Crippen LogP contribution is 2.19. The molecule has 0 spiro atoms. The van der Waals surface area contributed by atoms with Gasteiger partial charge in [-0.2, -0.15) is 0 Å². The van der Waals surface area contributed by atoms with Gasteiger partial charge in [-0.15, -0.1) is 0 Å². The molecule has 1 aliphatic heterocycles. The summed E-state index contributed by atoms with van der Waals surface area (Å²) in [6.45, 7) is 12.4. The summed E-state index contributed by atoms with van der Waals surface area (Å²) in [6.07, 6.45) is 57.8. The van der Waals surface area contributed by atoms with Crippen molar-refractivity contribution in [1.29, 1.82) is 0 Å². The van der Waals surface area contributed by atoms with Gasteiger partial charge in [0, 0.05) is 44.2 Å². The molecule has 0 bridgehead atoms. The highest BCUT2D eigenvalue weighted by atomic mass is 16.4. The van der Waals surface area contributed by atoms with Gasteiger partial charge in [0.05, 0.1) is 12.2 Å². The minimum absolute atomic E-state index is 0.345. The highest BCUT2D eigenvalue weighted by molar-refractivity contribution is 5.67. The molecule has 1 saturated heterocycles. The van der Waals surface area contributed by atoms with Crippen molar-refractivity contribution >= 4 is 23.6 Å². The Morgan fingerprint density at radius 1 is 0.408 bits per heavy atom. The zero-order valence-corrected chi connectivity index (χ0v) is 50.0. The zero-order chi connectivity index (χ0) is 55.5. The lowest BCUT2D eigenvalue weighted by Crippen LogP contribution is -2.37. The summed E-state index contributed by atoms with van der Waals surface area (Å²) in [5.41, 5.74) is 2.41. The van der Waals surface area contributed by atoms with Crippen molar-refractivity contribution in [2.24, 2.45) is 0 Å². The molecule has 1 aromatic heterocycles. The first-order valence-corrected chi connectivity index (χ1v) is 32.3. The lowest BCUT2D eigenvalue weighted by Gasteiger charge is -2.31. The van der Waals surface area contributed by atoms with Gasteiger partial charge >= 0.3 is 17.9 Å². The molecule has 0 aliphatic carbocycles. The van der Waals surface area contributed by atoms with Gasteiger partial charge in [-0.05, 0) is 69.5 Å². The van der Waals surface area contributed by atoms with Crippen LogP contribution in [0.15, 0.2) is 54.7 Å². The van der Waals surface area contributed by atoms with Crippen molar-refractivity contribution < 1.29 is 29.7 Å². The Labute approximate surface area is 469 Å². The molecule has 1 fully saturated rings. The van der Waals surface area contributed by atoms with Crippen molar-refractivity contribution in [3.63, 3.8) is 0 Å². The number of anilines is 1. The van der Waals surface area contributed by atoms with Crippen molar-refractivity contribution in [3.8, 4) is 0 Å². The van der Waals surface area contributed by atoms with Crippen molar-refractivity contribution in [1.82, 2.24) is 9.88 Å². The van der Waals surface area contributed by atoms with Crippen molar-refractivity contribution in [3.05, 3.63) is 60.4 Å². The maximum Gasteiger partial charge on any atom is 0.303 e. The number of carboxylic acids is 3. The second-order valence-electron chi connectivity index (χ2n) is 22.1. The average molecular weight is 1060 g/mol. The third-order valence-electron chi connectivity index (χ3n) is 14.8. The van der Waals surface area contributed by atoms with Gasteiger partial charge in [-0.3, -0.25) is 19.4 Å². The number of piperidine rings is 1. The van der Waals surface area contributed by atoms with Crippen LogP contribution in [-0.4, -0.2) is 69.3 Å². The number of likely N-dealkylation sites (tertiary alicyclic amines) is 1. The number of nitrogens with zero attached hydrogens (tertiary/aromatic N) is 3. The molecule has 9 nitrogen and oxygen atoms in total. The van der Waals surface area contributed by atoms with E-state index in [1.165, 1.54) is 250 Å². The number of hydrogen-bond acceptors (Lipinski definition) is 6. The van der Waals surface area contributed by atoms with Crippen molar-refractivity contribution in [2.45, 2.75) is 316 Å². The summed E-state index contributed by atoms with van der Waals surface area (Å²) < 4.78 is 0. The van der Waals surface area contributed by atoms with Gasteiger partial charge in [0.2, 0.25) is 0 Å². The Morgan fingerprint density at radius 2 is 0.711 bits per heavy atom. The average Bonchev–Trinajstić information content (AvgIpc) is 3.42. The molecule has 1 aromatic carbocycles. The first-order chi connectivity index (χ1) is 37.2. The number of aliphatic carboxylic acids is 3. The van der Waals surface area contributed by atoms with Gasteiger partial charge in [-0.1, -0.05) is 283 Å². The van der Waals surface area contributed by atoms with E-state index in [0.29, 0.717) is 19.3 Å². The standard InChI is InChI=1S/C19H25N3.3C16H32O2/c1-3-10-19(11-4-1)22(17-18-9-5-6-12-20-18)16-15-21-13-7-2-8-14-21;3*1-2-3-4-5-6-7-8-9-10-11-12-13-14-15-16(17)18/h1,3-6,9-12H,2,7-8,13-17H2;3*2-15H2,1H3,(H,17,18). The molecule has 9 heteroatoms. The number of rotatable bonds is 48. The molecular weight excluding hydrogens is 943 g/mol. The smallest absolute Gasteiger partial charge is 0.303 e. The lowest BCUT2D eigenvalue weighted by molar-refractivity contribution is -0.138. The molecule has 0 unspecified atom stereocenters. The number of aromatic nitrogens is 1. The molecule has 3 rings (SSSR count). The normalized spacial score (nSPS) is 12.1. The fraction of sp³-hybridized carbons (Fsp3) is 0.791. The van der Waals surface area contributed by atoms with Gasteiger partial charge in [0.1, 0.15) is 0 Å². The summed E-state index contributed by atoms with van der Waals surface area (Å²) in [4.78, 5) is 40.4. The molecule has 3 N–H and O–H groups in total. The molecule has 2 heterocycles. The van der Waals surface area contributed by atoms with Crippen LogP contribution in [0.3, 0.4) is 0 Å². The van der Waals surface area contributed by atoms with E-state index < -0.39 is 17.9 Å². The second-order valence-corrected chi connectivity index (χ2v) is 22.1. The van der Waals surface area contributed by atoms with Gasteiger partial charge in [-0.25, -0.2) is 0 Å². The van der Waals surface area contributed by atoms with Crippen LogP contribution in [0.4, 0.5) is 5.69 Å². The first-order valence-electron chi connectivity index (χ1n) is 32.3. The Balaban J connectivity index is 0.000000993. The topological polar surface area (TPSA) is 131 Å². The zero-order valence-electron chi connectivity index (χ0n) is 50.0. The first kappa shape index (κ1) is 72.5. The van der Waals surface area contributed by atoms with Crippen molar-refractivity contribution in [2.75, 3.05) is 31.1 Å². The molecule has 0 radical (unpaired) electrons. The number of benzene rings is 1. The third kappa shape index (κ3) is 55.3. The number of hydrogen-bond donors (Lipinski definition) is 3. The monoisotopic (exact) mass is 1060 g/mol. The number of para-hydroxylation sites is 1. The quantitative estimate of drug-likeness (QED) is 0.0554. The fourth-order valence-electron chi connectivity index (χ4n) is 9.95. The van der Waals surface area contributed by atoms with Crippen LogP contribution < -0.4 is 4.90 Å². The lowest BCUT2D eigenvalue weighted by atomic mass is 10.0. The number of carboxylic acid groups (broad SMARTS) is 3. The minimum Gasteiger partial charge on any atom is -0.481 e. The Bertz CT molecular complexity index is 1390. The van der Waals surface area contributed by atoms with Crippen LogP contribution in [0.2, 0.25) is 0 Å². The van der Waals surface area contributed by atoms with E-state index in [1.807, 2.05) is 12.3 Å². The predicted molar refractivity (Wildman–Crippen MR) is 326 cm³/mol. The van der Waals surface area contributed by atoms with E-state index in [0.717, 1.165) is 63.9 Å². The number of unbranched alkanes of at least 4 members (excludes halogenated alkanes) is 36. The van der Waals surface area contributed by atoms with Gasteiger partial charge in [0.15, 0.2) is 0 Å². The molecule has 440 valence electrons. The van der Waals surface area contributed by atoms with E-state index in [-0.39, 0.29) is 0 Å². The van der Waals surface area contributed by atoms with Crippen LogP contribution in [-0.2, 0) is 20.9 Å². The Morgan fingerprint density at radius 3 is 1.00 bits per heavy atom. The molecule has 0 atom stereocenters. The molecule has 1 aliphatic rings. The maximum atomic E-state index is 10.3. The third-order valence-corrected chi connectivity index (χ3v) is 14.8. The summed E-state index contributed by atoms with van der Waals surface area (Å²) in [5, 5.41) is 25.5. The Kier molecular flexibility index (Phi) is 56.5. The number of pyridine rings is 1. The molecule has 76 heavy (non-hydrogen) atoms. The summed E-state index contributed by atoms with van der Waals surface area (Å²) in [6, 6.07) is 16.8. The van der Waals surface area contributed by atoms with Crippen LogP contribution in [0.5, 0.6) is 0 Å². The van der Waals surface area contributed by atoms with Crippen LogP contribution in [0.1, 0.15) is 315 Å². The van der Waals surface area contributed by atoms with Crippen LogP contribution >= 0.6 is 0 Å². The molecule has 2 aromatic rings.